The average molecular weight is 1210 g/mol. The molecule has 13 aliphatic carbocycles. The predicted molar refractivity (Wildman–Crippen MR) is 376 cm³/mol. The third kappa shape index (κ3) is 15.9. The Hall–Kier alpha value is -0.680. The summed E-state index contributed by atoms with van der Waals surface area (Å²) in [5.74, 6) is 12.8. The Morgan fingerprint density at radius 2 is 0.318 bits per heavy atom. The second-order valence-electron chi connectivity index (χ2n) is 36.5. The molecule has 0 radical (unpaired) electrons. The SMILES string of the molecule is CC1CCC(N(C2CCC(C)CC2)C2CCC(/C=C/C3CCC(N(C4CCC(C)CC4)C4C5CCCCC5C(N(C5CCC(C)CC5)C5CCC(/C=C/C6CCC(N(C7CCC(C)CC7)C7CCC(C)CC7)CC6)CC5)C5CCCCC54)CC3)CC2)CC1. The van der Waals surface area contributed by atoms with Crippen molar-refractivity contribution in [3.05, 3.63) is 24.3 Å². The zero-order valence-corrected chi connectivity index (χ0v) is 59.1. The number of hydrogen-bond donors (Lipinski definition) is 0. The summed E-state index contributed by atoms with van der Waals surface area (Å²) in [5.41, 5.74) is 0. The maximum atomic E-state index is 3.53. The third-order valence-electron chi connectivity index (χ3n) is 30.6. The molecule has 0 bridgehead atoms. The Morgan fingerprint density at radius 1 is 0.170 bits per heavy atom. The minimum absolute atomic E-state index is 0.825. The normalized spacial score (nSPS) is 47.2. The average Bonchev–Trinajstić information content (AvgIpc) is 0.868. The van der Waals surface area contributed by atoms with E-state index in [2.05, 4.69) is 85.4 Å². The van der Waals surface area contributed by atoms with Crippen molar-refractivity contribution in [2.45, 2.75) is 422 Å². The lowest BCUT2D eigenvalue weighted by molar-refractivity contribution is -0.148. The van der Waals surface area contributed by atoms with E-state index in [0.29, 0.717) is 0 Å². The maximum absolute atomic E-state index is 3.53. The van der Waals surface area contributed by atoms with E-state index < -0.39 is 0 Å². The molecular formula is C84H144N4. The van der Waals surface area contributed by atoms with Gasteiger partial charge in [0.1, 0.15) is 0 Å². The molecule has 0 spiro atoms. The van der Waals surface area contributed by atoms with E-state index in [1.165, 1.54) is 283 Å². The fourth-order valence-corrected chi connectivity index (χ4v) is 25.2. The minimum atomic E-state index is 0.825. The first-order valence-corrected chi connectivity index (χ1v) is 41.5. The van der Waals surface area contributed by atoms with Gasteiger partial charge in [0.15, 0.2) is 0 Å². The molecule has 13 saturated carbocycles. The molecule has 0 aromatic rings. The number of allylic oxidation sites excluding steroid dienone is 4. The van der Waals surface area contributed by atoms with E-state index in [4.69, 9.17) is 0 Å². The molecule has 0 amide bonds. The summed E-state index contributed by atoms with van der Waals surface area (Å²) < 4.78 is 0. The Balaban J connectivity index is 0.664. The van der Waals surface area contributed by atoms with Gasteiger partial charge in [0.05, 0.1) is 0 Å². The Kier molecular flexibility index (Phi) is 23.6. The number of fused-ring (bicyclic) bond motifs is 2. The van der Waals surface area contributed by atoms with Crippen molar-refractivity contribution in [3.63, 3.8) is 0 Å². The number of nitrogens with zero attached hydrogens (tertiary/aromatic N) is 4. The van der Waals surface area contributed by atoms with Crippen LogP contribution in [0, 0.1) is 82.9 Å². The lowest BCUT2D eigenvalue weighted by Crippen LogP contribution is -2.69. The monoisotopic (exact) mass is 1210 g/mol. The third-order valence-corrected chi connectivity index (χ3v) is 30.6. The maximum Gasteiger partial charge on any atom is 0.0164 e. The van der Waals surface area contributed by atoms with E-state index in [-0.39, 0.29) is 0 Å². The molecule has 13 rings (SSSR count). The summed E-state index contributed by atoms with van der Waals surface area (Å²) in [6.45, 7) is 15.3. The lowest BCUT2D eigenvalue weighted by atomic mass is 9.53. The molecule has 88 heavy (non-hydrogen) atoms. The Morgan fingerprint density at radius 3 is 0.489 bits per heavy atom. The van der Waals surface area contributed by atoms with Crippen molar-refractivity contribution in [1.29, 1.82) is 0 Å². The van der Waals surface area contributed by atoms with E-state index in [1.807, 2.05) is 0 Å². The van der Waals surface area contributed by atoms with Gasteiger partial charge in [-0.2, -0.15) is 0 Å². The highest BCUT2D eigenvalue weighted by molar-refractivity contribution is 5.12. The highest BCUT2D eigenvalue weighted by Crippen LogP contribution is 2.57. The van der Waals surface area contributed by atoms with E-state index in [1.54, 1.807) is 25.7 Å². The molecule has 0 aromatic heterocycles. The van der Waals surface area contributed by atoms with Crippen LogP contribution >= 0.6 is 0 Å². The van der Waals surface area contributed by atoms with Crippen LogP contribution in [0.2, 0.25) is 0 Å². The first-order chi connectivity index (χ1) is 43.1. The molecule has 4 unspecified atom stereocenters. The van der Waals surface area contributed by atoms with Crippen LogP contribution in [0.1, 0.15) is 350 Å². The van der Waals surface area contributed by atoms with Crippen molar-refractivity contribution in [2.75, 3.05) is 0 Å². The Bertz CT molecular complexity index is 1850. The molecule has 13 fully saturated rings. The van der Waals surface area contributed by atoms with Gasteiger partial charge >= 0.3 is 0 Å². The fraction of sp³-hybridized carbons (Fsp3) is 0.952. The standard InChI is InChI=1S/C84H144N4/c1-59-15-39-69(40-16-59)85(70-41-17-60(2)18-42-70)73-51-31-65(32-52-73)27-29-67-35-55-77(56-36-67)87(75-47-23-63(5)24-48-75)83-79-11-7-9-13-81(79)84(82-14-10-8-12-80(82)83)88(76-49-25-64(6)26-50-76)78-57-37-68(38-58-78)30-28-66-33-53-74(54-34-66)86(71-43-19-61(3)20-44-71)72-45-21-62(4)22-46-72/h27-30,59-84H,7-26,31-58H2,1-6H3/b29-27+,30-28+. The van der Waals surface area contributed by atoms with Gasteiger partial charge in [0.25, 0.3) is 0 Å². The van der Waals surface area contributed by atoms with Gasteiger partial charge in [-0.05, 0) is 365 Å². The van der Waals surface area contributed by atoms with E-state index >= 15 is 0 Å². The zero-order chi connectivity index (χ0) is 60.1. The fourth-order valence-electron chi connectivity index (χ4n) is 25.2. The highest BCUT2D eigenvalue weighted by Gasteiger charge is 2.58. The summed E-state index contributed by atoms with van der Waals surface area (Å²) in [6.07, 6.45) is 82.7. The van der Waals surface area contributed by atoms with Gasteiger partial charge in [-0.15, -0.1) is 0 Å². The molecule has 4 atom stereocenters. The molecular weight excluding hydrogens is 1060 g/mol. The number of rotatable bonds is 16. The van der Waals surface area contributed by atoms with Crippen LogP contribution in [0.4, 0.5) is 0 Å². The largest absolute Gasteiger partial charge is 0.294 e. The zero-order valence-electron chi connectivity index (χ0n) is 59.1. The smallest absolute Gasteiger partial charge is 0.0164 e. The van der Waals surface area contributed by atoms with Crippen LogP contribution < -0.4 is 0 Å². The van der Waals surface area contributed by atoms with Crippen molar-refractivity contribution >= 4 is 0 Å². The summed E-state index contributed by atoms with van der Waals surface area (Å²) >= 11 is 0. The molecule has 4 heteroatoms. The van der Waals surface area contributed by atoms with Gasteiger partial charge < -0.3 is 0 Å². The van der Waals surface area contributed by atoms with Crippen LogP contribution in [0.5, 0.6) is 0 Å². The van der Waals surface area contributed by atoms with Crippen molar-refractivity contribution in [1.82, 2.24) is 19.6 Å². The molecule has 4 nitrogen and oxygen atoms in total. The molecule has 0 saturated heterocycles. The summed E-state index contributed by atoms with van der Waals surface area (Å²) in [6, 6.07) is 10.4. The van der Waals surface area contributed by atoms with Crippen molar-refractivity contribution < 1.29 is 0 Å². The van der Waals surface area contributed by atoms with Crippen LogP contribution in [0.15, 0.2) is 24.3 Å². The second-order valence-corrected chi connectivity index (χ2v) is 36.5. The Labute approximate surface area is 546 Å². The predicted octanol–water partition coefficient (Wildman–Crippen LogP) is 22.4. The summed E-state index contributed by atoms with van der Waals surface area (Å²) in [5, 5.41) is 0. The minimum Gasteiger partial charge on any atom is -0.294 e. The van der Waals surface area contributed by atoms with Crippen LogP contribution in [-0.4, -0.2) is 92.1 Å². The first-order valence-electron chi connectivity index (χ1n) is 41.5. The first kappa shape index (κ1) is 66.0. The molecule has 0 aromatic carbocycles. The van der Waals surface area contributed by atoms with E-state index in [9.17, 15) is 0 Å². The topological polar surface area (TPSA) is 13.0 Å². The van der Waals surface area contributed by atoms with Gasteiger partial charge in [0, 0.05) is 72.5 Å². The van der Waals surface area contributed by atoms with Gasteiger partial charge in [-0.3, -0.25) is 19.6 Å². The highest BCUT2D eigenvalue weighted by atomic mass is 15.3. The van der Waals surface area contributed by atoms with Gasteiger partial charge in [-0.25, -0.2) is 0 Å². The molecule has 0 N–H and O–H groups in total. The van der Waals surface area contributed by atoms with Crippen molar-refractivity contribution in [3.8, 4) is 0 Å². The van der Waals surface area contributed by atoms with Crippen LogP contribution in [0.3, 0.4) is 0 Å². The van der Waals surface area contributed by atoms with Crippen LogP contribution in [-0.2, 0) is 0 Å². The number of hydrogen-bond acceptors (Lipinski definition) is 4. The summed E-state index contributed by atoms with van der Waals surface area (Å²) in [4.78, 5) is 13.5. The summed E-state index contributed by atoms with van der Waals surface area (Å²) in [7, 11) is 0. The van der Waals surface area contributed by atoms with E-state index in [0.717, 1.165) is 155 Å². The second kappa shape index (κ2) is 31.5. The molecule has 0 heterocycles. The lowest BCUT2D eigenvalue weighted by Gasteiger charge is -2.64. The van der Waals surface area contributed by atoms with Crippen LogP contribution in [0.25, 0.3) is 0 Å². The van der Waals surface area contributed by atoms with Gasteiger partial charge in [-0.1, -0.05) is 91.5 Å². The molecule has 500 valence electrons. The molecule has 13 aliphatic rings. The van der Waals surface area contributed by atoms with Gasteiger partial charge in [0.2, 0.25) is 0 Å². The molecule has 0 aliphatic heterocycles. The van der Waals surface area contributed by atoms with Crippen molar-refractivity contribution in [2.24, 2.45) is 82.9 Å². The quantitative estimate of drug-likeness (QED) is 0.143.